The Bertz CT molecular complexity index is 1030. The van der Waals surface area contributed by atoms with Crippen molar-refractivity contribution in [3.63, 3.8) is 0 Å². The van der Waals surface area contributed by atoms with Crippen LogP contribution in [0.15, 0.2) is 53.3 Å². The summed E-state index contributed by atoms with van der Waals surface area (Å²) in [6.45, 7) is 0.0322. The number of fused-ring (bicyclic) bond motifs is 1. The van der Waals surface area contributed by atoms with Gasteiger partial charge in [0.1, 0.15) is 5.52 Å². The number of aryl methyl sites for hydroxylation is 1. The van der Waals surface area contributed by atoms with Crippen LogP contribution in [0.2, 0.25) is 5.02 Å². The minimum atomic E-state index is -0.536. The number of hydrazine groups is 1. The Kier molecular flexibility index (Phi) is 5.23. The summed E-state index contributed by atoms with van der Waals surface area (Å²) in [5.41, 5.74) is 4.95. The van der Waals surface area contributed by atoms with Crippen molar-refractivity contribution >= 4 is 34.3 Å². The van der Waals surface area contributed by atoms with E-state index in [1.54, 1.807) is 42.5 Å². The van der Waals surface area contributed by atoms with Crippen molar-refractivity contribution in [2.45, 2.75) is 13.0 Å². The lowest BCUT2D eigenvalue weighted by atomic mass is 10.2. The van der Waals surface area contributed by atoms with Crippen molar-refractivity contribution < 1.29 is 9.59 Å². The maximum absolute atomic E-state index is 12.3. The third kappa shape index (κ3) is 3.86. The molecule has 2 amide bonds. The van der Waals surface area contributed by atoms with Crippen LogP contribution < -0.4 is 16.4 Å². The van der Waals surface area contributed by atoms with E-state index in [4.69, 9.17) is 11.6 Å². The molecule has 26 heavy (non-hydrogen) atoms. The van der Waals surface area contributed by atoms with Gasteiger partial charge in [0.15, 0.2) is 0 Å². The second kappa shape index (κ2) is 7.75. The summed E-state index contributed by atoms with van der Waals surface area (Å²) in [7, 11) is 0. The number of benzene rings is 2. The first-order valence-electron chi connectivity index (χ1n) is 7.72. The molecular weight excluding hydrogens is 358 g/mol. The van der Waals surface area contributed by atoms with Gasteiger partial charge in [0, 0.05) is 6.42 Å². The lowest BCUT2D eigenvalue weighted by Crippen LogP contribution is -2.42. The molecule has 0 saturated carbocycles. The average molecular weight is 372 g/mol. The first kappa shape index (κ1) is 17.6. The lowest BCUT2D eigenvalue weighted by Gasteiger charge is -2.09. The molecule has 9 heteroatoms. The van der Waals surface area contributed by atoms with Gasteiger partial charge in [0.25, 0.3) is 11.5 Å². The van der Waals surface area contributed by atoms with E-state index >= 15 is 0 Å². The zero-order valence-corrected chi connectivity index (χ0v) is 14.2. The predicted octanol–water partition coefficient (Wildman–Crippen LogP) is 1.30. The summed E-state index contributed by atoms with van der Waals surface area (Å²) in [4.78, 5) is 36.1. The third-order valence-electron chi connectivity index (χ3n) is 3.61. The highest BCUT2D eigenvalue weighted by Crippen LogP contribution is 2.14. The molecule has 0 saturated heterocycles. The molecule has 0 fully saturated rings. The molecule has 0 aliphatic heterocycles. The molecule has 3 rings (SSSR count). The first-order chi connectivity index (χ1) is 12.6. The molecule has 132 valence electrons. The van der Waals surface area contributed by atoms with Crippen LogP contribution in [0.1, 0.15) is 16.8 Å². The van der Waals surface area contributed by atoms with E-state index in [2.05, 4.69) is 21.2 Å². The van der Waals surface area contributed by atoms with Crippen molar-refractivity contribution in [1.29, 1.82) is 0 Å². The van der Waals surface area contributed by atoms with Crippen LogP contribution >= 0.6 is 11.6 Å². The smallest absolute Gasteiger partial charge is 0.273 e. The zero-order valence-electron chi connectivity index (χ0n) is 13.5. The minimum Gasteiger partial charge on any atom is -0.273 e. The van der Waals surface area contributed by atoms with Gasteiger partial charge < -0.3 is 0 Å². The highest BCUT2D eigenvalue weighted by molar-refractivity contribution is 6.33. The van der Waals surface area contributed by atoms with E-state index in [9.17, 15) is 14.4 Å². The van der Waals surface area contributed by atoms with E-state index in [1.807, 2.05) is 0 Å². The largest absolute Gasteiger partial charge is 0.277 e. The zero-order chi connectivity index (χ0) is 18.5. The summed E-state index contributed by atoms with van der Waals surface area (Å²) < 4.78 is 1.11. The number of nitrogens with zero attached hydrogens (tertiary/aromatic N) is 3. The van der Waals surface area contributed by atoms with Crippen LogP contribution in [0.25, 0.3) is 10.9 Å². The SMILES string of the molecule is O=C(CCn1nnc2ccccc2c1=O)NNC(=O)c1ccccc1Cl. The van der Waals surface area contributed by atoms with Crippen LogP contribution in [0, 0.1) is 0 Å². The van der Waals surface area contributed by atoms with Gasteiger partial charge in [0.05, 0.1) is 22.5 Å². The molecule has 0 bridgehead atoms. The second-order valence-electron chi connectivity index (χ2n) is 5.37. The Morgan fingerprint density at radius 2 is 1.77 bits per heavy atom. The normalized spacial score (nSPS) is 10.5. The van der Waals surface area contributed by atoms with Crippen molar-refractivity contribution in [2.24, 2.45) is 0 Å². The first-order valence-corrected chi connectivity index (χ1v) is 8.10. The van der Waals surface area contributed by atoms with Gasteiger partial charge in [-0.3, -0.25) is 25.2 Å². The fourth-order valence-corrected chi connectivity index (χ4v) is 2.50. The Morgan fingerprint density at radius 3 is 2.58 bits per heavy atom. The summed E-state index contributed by atoms with van der Waals surface area (Å²) in [5, 5.41) is 8.44. The quantitative estimate of drug-likeness (QED) is 0.672. The van der Waals surface area contributed by atoms with Gasteiger partial charge in [-0.1, -0.05) is 41.1 Å². The van der Waals surface area contributed by atoms with Crippen LogP contribution in [0.3, 0.4) is 0 Å². The van der Waals surface area contributed by atoms with Gasteiger partial charge >= 0.3 is 0 Å². The summed E-state index contributed by atoms with van der Waals surface area (Å²) in [5.74, 6) is -1.01. The van der Waals surface area contributed by atoms with Crippen molar-refractivity contribution in [1.82, 2.24) is 25.8 Å². The third-order valence-corrected chi connectivity index (χ3v) is 3.94. The van der Waals surface area contributed by atoms with E-state index in [-0.39, 0.29) is 29.1 Å². The highest BCUT2D eigenvalue weighted by atomic mass is 35.5. The summed E-state index contributed by atoms with van der Waals surface area (Å²) >= 11 is 5.91. The molecule has 0 spiro atoms. The Labute approximate surface area is 152 Å². The number of carbonyl (C=O) groups excluding carboxylic acids is 2. The summed E-state index contributed by atoms with van der Waals surface area (Å²) in [6, 6.07) is 13.3. The van der Waals surface area contributed by atoms with Crippen molar-refractivity contribution in [3.05, 3.63) is 69.5 Å². The Balaban J connectivity index is 1.58. The van der Waals surface area contributed by atoms with Crippen LogP contribution in [0.4, 0.5) is 0 Å². The van der Waals surface area contributed by atoms with Crippen LogP contribution in [0.5, 0.6) is 0 Å². The number of rotatable bonds is 4. The minimum absolute atomic E-state index is 0.0322. The molecule has 2 aromatic carbocycles. The van der Waals surface area contributed by atoms with Crippen LogP contribution in [-0.4, -0.2) is 26.8 Å². The van der Waals surface area contributed by atoms with E-state index in [0.29, 0.717) is 10.9 Å². The van der Waals surface area contributed by atoms with Crippen LogP contribution in [-0.2, 0) is 11.3 Å². The van der Waals surface area contributed by atoms with E-state index in [0.717, 1.165) is 4.68 Å². The predicted molar refractivity (Wildman–Crippen MR) is 95.5 cm³/mol. The number of carbonyl (C=O) groups is 2. The average Bonchev–Trinajstić information content (AvgIpc) is 2.66. The molecular formula is C17H14ClN5O3. The Hall–Kier alpha value is -3.26. The van der Waals surface area contributed by atoms with Gasteiger partial charge in [-0.15, -0.1) is 5.10 Å². The molecule has 1 aromatic heterocycles. The van der Waals surface area contributed by atoms with Gasteiger partial charge in [-0.25, -0.2) is 4.68 Å². The van der Waals surface area contributed by atoms with Gasteiger partial charge in [-0.2, -0.15) is 0 Å². The molecule has 3 aromatic rings. The number of hydrogen-bond donors (Lipinski definition) is 2. The maximum atomic E-state index is 12.3. The topological polar surface area (TPSA) is 106 Å². The number of nitrogens with one attached hydrogen (secondary N) is 2. The standard InChI is InChI=1S/C17H14ClN5O3/c18-13-7-3-1-5-11(13)16(25)21-20-15(24)9-10-23-17(26)12-6-2-4-8-14(12)19-22-23/h1-8H,9-10H2,(H,20,24)(H,21,25). The second-order valence-corrected chi connectivity index (χ2v) is 5.77. The Morgan fingerprint density at radius 1 is 1.04 bits per heavy atom. The molecule has 0 radical (unpaired) electrons. The molecule has 0 aliphatic carbocycles. The monoisotopic (exact) mass is 371 g/mol. The number of halogens is 1. The lowest BCUT2D eigenvalue weighted by molar-refractivity contribution is -0.122. The number of aromatic nitrogens is 3. The fourth-order valence-electron chi connectivity index (χ4n) is 2.28. The van der Waals surface area contributed by atoms with E-state index in [1.165, 1.54) is 6.07 Å². The van der Waals surface area contributed by atoms with Gasteiger partial charge in [-0.05, 0) is 24.3 Å². The molecule has 2 N–H and O–H groups in total. The molecule has 1 heterocycles. The number of hydrogen-bond acceptors (Lipinski definition) is 5. The van der Waals surface area contributed by atoms with Crippen molar-refractivity contribution in [3.8, 4) is 0 Å². The van der Waals surface area contributed by atoms with Crippen molar-refractivity contribution in [2.75, 3.05) is 0 Å². The highest BCUT2D eigenvalue weighted by Gasteiger charge is 2.11. The van der Waals surface area contributed by atoms with E-state index < -0.39 is 11.8 Å². The maximum Gasteiger partial charge on any atom is 0.277 e. The molecule has 8 nitrogen and oxygen atoms in total. The molecule has 0 aliphatic rings. The molecule has 0 atom stereocenters. The summed E-state index contributed by atoms with van der Waals surface area (Å²) in [6.07, 6.45) is -0.0598. The van der Waals surface area contributed by atoms with Gasteiger partial charge in [0.2, 0.25) is 5.91 Å². The number of amides is 2. The fraction of sp³-hybridized carbons (Fsp3) is 0.118. The molecule has 0 unspecified atom stereocenters.